The molecule has 164 valence electrons. The lowest BCUT2D eigenvalue weighted by Gasteiger charge is -2.26. The highest BCUT2D eigenvalue weighted by atomic mass is 79.9. The standard InChI is InChI=1S/C24H27BrN2O4/c1-15-13-17(9-10-19(15)31-4)22(28)20-21(16-7-5-8-18(25)14-16)27(24(30)23(20)29)12-6-11-26(2)3/h5,7-10,13-14,21,28H,6,11-12H2,1-4H3/b22-20+/t21-/m1/s1. The molecule has 0 radical (unpaired) electrons. The number of benzene rings is 2. The number of amides is 1. The van der Waals surface area contributed by atoms with Gasteiger partial charge in [0, 0.05) is 16.6 Å². The molecular weight excluding hydrogens is 460 g/mol. The summed E-state index contributed by atoms with van der Waals surface area (Å²) in [6.07, 6.45) is 0.714. The van der Waals surface area contributed by atoms with Gasteiger partial charge in [-0.2, -0.15) is 0 Å². The molecule has 1 N–H and O–H groups in total. The van der Waals surface area contributed by atoms with Gasteiger partial charge in [0.25, 0.3) is 11.7 Å². The van der Waals surface area contributed by atoms with Gasteiger partial charge in [-0.15, -0.1) is 0 Å². The zero-order chi connectivity index (χ0) is 22.7. The van der Waals surface area contributed by atoms with E-state index in [0.29, 0.717) is 24.3 Å². The maximum atomic E-state index is 13.0. The SMILES string of the molecule is COc1ccc(/C(O)=C2\C(=O)C(=O)N(CCCN(C)C)[C@@H]2c2cccc(Br)c2)cc1C. The second-order valence-corrected chi connectivity index (χ2v) is 8.80. The van der Waals surface area contributed by atoms with E-state index < -0.39 is 17.7 Å². The fourth-order valence-electron chi connectivity index (χ4n) is 3.87. The summed E-state index contributed by atoms with van der Waals surface area (Å²) in [4.78, 5) is 29.6. The van der Waals surface area contributed by atoms with Crippen molar-refractivity contribution in [2.45, 2.75) is 19.4 Å². The van der Waals surface area contributed by atoms with Gasteiger partial charge >= 0.3 is 0 Å². The highest BCUT2D eigenvalue weighted by molar-refractivity contribution is 9.10. The van der Waals surface area contributed by atoms with Gasteiger partial charge in [0.15, 0.2) is 0 Å². The first-order valence-corrected chi connectivity index (χ1v) is 10.9. The van der Waals surface area contributed by atoms with Gasteiger partial charge in [-0.25, -0.2) is 0 Å². The molecule has 2 aromatic carbocycles. The van der Waals surface area contributed by atoms with E-state index in [1.54, 1.807) is 30.2 Å². The second-order valence-electron chi connectivity index (χ2n) is 7.89. The van der Waals surface area contributed by atoms with Crippen molar-refractivity contribution in [2.24, 2.45) is 0 Å². The number of aryl methyl sites for hydroxylation is 1. The minimum absolute atomic E-state index is 0.109. The van der Waals surface area contributed by atoms with Crippen molar-refractivity contribution in [2.75, 3.05) is 34.3 Å². The van der Waals surface area contributed by atoms with Crippen molar-refractivity contribution < 1.29 is 19.4 Å². The summed E-state index contributed by atoms with van der Waals surface area (Å²) in [6, 6.07) is 12.0. The smallest absolute Gasteiger partial charge is 0.295 e. The predicted molar refractivity (Wildman–Crippen MR) is 124 cm³/mol. The lowest BCUT2D eigenvalue weighted by atomic mass is 9.94. The summed E-state index contributed by atoms with van der Waals surface area (Å²) in [5.74, 6) is -0.746. The largest absolute Gasteiger partial charge is 0.507 e. The van der Waals surface area contributed by atoms with E-state index in [1.165, 1.54) is 0 Å². The first-order valence-electron chi connectivity index (χ1n) is 10.1. The van der Waals surface area contributed by atoms with Crippen LogP contribution < -0.4 is 4.74 Å². The zero-order valence-corrected chi connectivity index (χ0v) is 19.8. The lowest BCUT2D eigenvalue weighted by Crippen LogP contribution is -2.32. The van der Waals surface area contributed by atoms with Crippen LogP contribution in [-0.4, -0.2) is 60.9 Å². The summed E-state index contributed by atoms with van der Waals surface area (Å²) >= 11 is 3.47. The highest BCUT2D eigenvalue weighted by Crippen LogP contribution is 2.40. The number of ketones is 1. The zero-order valence-electron chi connectivity index (χ0n) is 18.2. The number of hydrogen-bond acceptors (Lipinski definition) is 5. The maximum absolute atomic E-state index is 13.0. The monoisotopic (exact) mass is 486 g/mol. The summed E-state index contributed by atoms with van der Waals surface area (Å²) < 4.78 is 6.13. The number of carbonyl (C=O) groups excluding carboxylic acids is 2. The van der Waals surface area contributed by atoms with Crippen LogP contribution in [0.2, 0.25) is 0 Å². The third-order valence-corrected chi connectivity index (χ3v) is 5.87. The molecule has 0 saturated carbocycles. The Balaban J connectivity index is 2.11. The number of halogens is 1. The van der Waals surface area contributed by atoms with E-state index in [9.17, 15) is 14.7 Å². The van der Waals surface area contributed by atoms with Crippen LogP contribution in [0.15, 0.2) is 52.5 Å². The molecule has 1 aliphatic heterocycles. The number of rotatable bonds is 7. The third kappa shape index (κ3) is 4.83. The number of aliphatic hydroxyl groups excluding tert-OH is 1. The van der Waals surface area contributed by atoms with Crippen LogP contribution in [0, 0.1) is 6.92 Å². The topological polar surface area (TPSA) is 70.1 Å². The Morgan fingerprint density at radius 1 is 1.19 bits per heavy atom. The minimum atomic E-state index is -0.666. The van der Waals surface area contributed by atoms with E-state index in [2.05, 4.69) is 15.9 Å². The molecule has 6 nitrogen and oxygen atoms in total. The molecule has 0 spiro atoms. The van der Waals surface area contributed by atoms with Gasteiger partial charge in [-0.1, -0.05) is 28.1 Å². The second kappa shape index (κ2) is 9.66. The molecule has 0 bridgehead atoms. The Morgan fingerprint density at radius 3 is 2.55 bits per heavy atom. The average molecular weight is 487 g/mol. The minimum Gasteiger partial charge on any atom is -0.507 e. The van der Waals surface area contributed by atoms with Crippen molar-refractivity contribution in [3.05, 3.63) is 69.2 Å². The normalized spacial score (nSPS) is 18.1. The van der Waals surface area contributed by atoms with Crippen molar-refractivity contribution in [3.8, 4) is 5.75 Å². The van der Waals surface area contributed by atoms with E-state index in [1.807, 2.05) is 50.2 Å². The van der Waals surface area contributed by atoms with Crippen molar-refractivity contribution >= 4 is 33.4 Å². The molecule has 0 aliphatic carbocycles. The molecule has 1 saturated heterocycles. The molecular formula is C24H27BrN2O4. The van der Waals surface area contributed by atoms with Crippen LogP contribution >= 0.6 is 15.9 Å². The van der Waals surface area contributed by atoms with Crippen LogP contribution in [0.5, 0.6) is 5.75 Å². The Hall–Kier alpha value is -2.64. The Morgan fingerprint density at radius 2 is 1.94 bits per heavy atom. The van der Waals surface area contributed by atoms with Crippen LogP contribution in [0.3, 0.4) is 0 Å². The number of likely N-dealkylation sites (tertiary alicyclic amines) is 1. The number of Topliss-reactive ketones (excluding diaryl/α,β-unsaturated/α-hetero) is 1. The lowest BCUT2D eigenvalue weighted by molar-refractivity contribution is -0.139. The van der Waals surface area contributed by atoms with Crippen molar-refractivity contribution in [3.63, 3.8) is 0 Å². The molecule has 31 heavy (non-hydrogen) atoms. The number of aliphatic hydroxyl groups is 1. The summed E-state index contributed by atoms with van der Waals surface area (Å²) in [5, 5.41) is 11.1. The first-order chi connectivity index (χ1) is 14.7. The fraction of sp³-hybridized carbons (Fsp3) is 0.333. The molecule has 1 atom stereocenters. The predicted octanol–water partition coefficient (Wildman–Crippen LogP) is 4.14. The summed E-state index contributed by atoms with van der Waals surface area (Å²) in [7, 11) is 5.51. The number of nitrogens with zero attached hydrogens (tertiary/aromatic N) is 2. The average Bonchev–Trinajstić information content (AvgIpc) is 2.98. The number of carbonyl (C=O) groups is 2. The molecule has 0 aromatic heterocycles. The highest BCUT2D eigenvalue weighted by Gasteiger charge is 2.45. The Labute approximate surface area is 191 Å². The number of hydrogen-bond donors (Lipinski definition) is 1. The van der Waals surface area contributed by atoms with E-state index >= 15 is 0 Å². The molecule has 3 rings (SSSR count). The van der Waals surface area contributed by atoms with Gasteiger partial charge in [-0.05, 0) is 75.4 Å². The Kier molecular flexibility index (Phi) is 7.18. The molecule has 1 amide bonds. The van der Waals surface area contributed by atoms with E-state index in [0.717, 1.165) is 22.1 Å². The van der Waals surface area contributed by atoms with E-state index in [4.69, 9.17) is 4.74 Å². The van der Waals surface area contributed by atoms with Crippen LogP contribution in [0.25, 0.3) is 5.76 Å². The first kappa shape index (κ1) is 23.0. The van der Waals surface area contributed by atoms with E-state index in [-0.39, 0.29) is 11.3 Å². The van der Waals surface area contributed by atoms with Crippen LogP contribution in [-0.2, 0) is 9.59 Å². The molecule has 1 fully saturated rings. The van der Waals surface area contributed by atoms with Crippen molar-refractivity contribution in [1.82, 2.24) is 9.80 Å². The van der Waals surface area contributed by atoms with Crippen LogP contribution in [0.1, 0.15) is 29.2 Å². The van der Waals surface area contributed by atoms with Gasteiger partial charge in [0.1, 0.15) is 11.5 Å². The maximum Gasteiger partial charge on any atom is 0.295 e. The van der Waals surface area contributed by atoms with Gasteiger partial charge < -0.3 is 19.6 Å². The molecule has 7 heteroatoms. The Bertz CT molecular complexity index is 1030. The third-order valence-electron chi connectivity index (χ3n) is 5.38. The summed E-state index contributed by atoms with van der Waals surface area (Å²) in [6.45, 7) is 3.06. The molecule has 0 unspecified atom stereocenters. The summed E-state index contributed by atoms with van der Waals surface area (Å²) in [5.41, 5.74) is 2.18. The number of methoxy groups -OCH3 is 1. The molecule has 2 aromatic rings. The van der Waals surface area contributed by atoms with Gasteiger partial charge in [0.05, 0.1) is 18.7 Å². The fourth-order valence-corrected chi connectivity index (χ4v) is 4.29. The number of ether oxygens (including phenoxy) is 1. The van der Waals surface area contributed by atoms with Gasteiger partial charge in [0.2, 0.25) is 0 Å². The quantitative estimate of drug-likeness (QED) is 0.361. The molecule has 1 heterocycles. The van der Waals surface area contributed by atoms with Crippen molar-refractivity contribution in [1.29, 1.82) is 0 Å². The van der Waals surface area contributed by atoms with Crippen LogP contribution in [0.4, 0.5) is 0 Å². The molecule has 1 aliphatic rings. The van der Waals surface area contributed by atoms with Gasteiger partial charge in [-0.3, -0.25) is 9.59 Å².